The molecule has 0 radical (unpaired) electrons. The number of halogens is 3. The molecule has 0 aromatic heterocycles. The normalized spacial score (nSPS) is 10.2. The Bertz CT molecular complexity index is 599. The van der Waals surface area contributed by atoms with E-state index in [0.717, 1.165) is 0 Å². The molecule has 6 heteroatoms. The van der Waals surface area contributed by atoms with Crippen molar-refractivity contribution in [2.24, 2.45) is 0 Å². The zero-order valence-electron chi connectivity index (χ0n) is 10.3. The summed E-state index contributed by atoms with van der Waals surface area (Å²) in [5.41, 5.74) is 0.896. The Morgan fingerprint density at radius 2 is 1.90 bits per heavy atom. The van der Waals surface area contributed by atoms with E-state index in [2.05, 4.69) is 26.6 Å². The lowest BCUT2D eigenvalue weighted by Gasteiger charge is -2.10. The Morgan fingerprint density at radius 3 is 2.55 bits per heavy atom. The number of para-hydroxylation sites is 1. The fourth-order valence-electron chi connectivity index (χ4n) is 1.57. The molecule has 0 heterocycles. The molecular weight excluding hydrogens is 347 g/mol. The van der Waals surface area contributed by atoms with Gasteiger partial charge in [-0.1, -0.05) is 17.7 Å². The van der Waals surface area contributed by atoms with Gasteiger partial charge in [-0.3, -0.25) is 4.79 Å². The van der Waals surface area contributed by atoms with Gasteiger partial charge >= 0.3 is 0 Å². The number of carbonyl (C=O) groups excluding carboxylic acids is 1. The molecule has 0 unspecified atom stereocenters. The molecule has 2 N–H and O–H groups in total. The van der Waals surface area contributed by atoms with Crippen molar-refractivity contribution in [1.29, 1.82) is 0 Å². The molecule has 0 aliphatic carbocycles. The van der Waals surface area contributed by atoms with Crippen molar-refractivity contribution < 1.29 is 9.18 Å². The van der Waals surface area contributed by atoms with E-state index >= 15 is 0 Å². The Kier molecular flexibility index (Phi) is 4.98. The van der Waals surface area contributed by atoms with Crippen LogP contribution in [0, 0.1) is 5.82 Å². The van der Waals surface area contributed by atoms with Gasteiger partial charge in [0, 0.05) is 15.2 Å². The Hall–Kier alpha value is -1.59. The minimum atomic E-state index is -0.418. The SMILES string of the molecule is O=C(CNc1c(F)cccc1Br)Nc1ccc(Cl)cc1. The maximum atomic E-state index is 13.5. The molecule has 2 rings (SSSR count). The van der Waals surface area contributed by atoms with Gasteiger partial charge in [-0.2, -0.15) is 0 Å². The van der Waals surface area contributed by atoms with Crippen molar-refractivity contribution in [3.05, 3.63) is 57.8 Å². The van der Waals surface area contributed by atoms with E-state index in [1.807, 2.05) is 0 Å². The van der Waals surface area contributed by atoms with Gasteiger partial charge in [0.1, 0.15) is 5.82 Å². The first-order chi connectivity index (χ1) is 9.56. The third-order valence-electron chi connectivity index (χ3n) is 2.52. The van der Waals surface area contributed by atoms with Crippen molar-refractivity contribution in [2.45, 2.75) is 0 Å². The molecule has 0 atom stereocenters. The molecule has 1 amide bonds. The van der Waals surface area contributed by atoms with Gasteiger partial charge < -0.3 is 10.6 Å². The van der Waals surface area contributed by atoms with Crippen LogP contribution in [0.3, 0.4) is 0 Å². The molecule has 0 saturated heterocycles. The number of hydrogen-bond donors (Lipinski definition) is 2. The van der Waals surface area contributed by atoms with Crippen molar-refractivity contribution >= 4 is 44.8 Å². The van der Waals surface area contributed by atoms with Crippen LogP contribution in [0.25, 0.3) is 0 Å². The molecule has 0 aliphatic heterocycles. The maximum Gasteiger partial charge on any atom is 0.243 e. The van der Waals surface area contributed by atoms with Gasteiger partial charge in [-0.15, -0.1) is 0 Å². The summed E-state index contributed by atoms with van der Waals surface area (Å²) in [4.78, 5) is 11.7. The molecule has 0 fully saturated rings. The highest BCUT2D eigenvalue weighted by Crippen LogP contribution is 2.24. The van der Waals surface area contributed by atoms with Gasteiger partial charge in [0.2, 0.25) is 5.91 Å². The minimum absolute atomic E-state index is 0.0395. The fraction of sp³-hybridized carbons (Fsp3) is 0.0714. The highest BCUT2D eigenvalue weighted by molar-refractivity contribution is 9.10. The predicted molar refractivity (Wildman–Crippen MR) is 82.7 cm³/mol. The van der Waals surface area contributed by atoms with Crippen LogP contribution >= 0.6 is 27.5 Å². The van der Waals surface area contributed by atoms with Crippen LogP contribution in [0.15, 0.2) is 46.9 Å². The molecule has 0 aliphatic rings. The number of nitrogens with one attached hydrogen (secondary N) is 2. The number of anilines is 2. The lowest BCUT2D eigenvalue weighted by Crippen LogP contribution is -2.22. The summed E-state index contributed by atoms with van der Waals surface area (Å²) >= 11 is 8.98. The van der Waals surface area contributed by atoms with Gasteiger partial charge in [0.25, 0.3) is 0 Å². The molecule has 0 spiro atoms. The molecule has 0 saturated carbocycles. The van der Waals surface area contributed by atoms with Crippen molar-refractivity contribution in [1.82, 2.24) is 0 Å². The Balaban J connectivity index is 1.94. The molecule has 104 valence electrons. The number of carbonyl (C=O) groups is 1. The molecular formula is C14H11BrClFN2O. The van der Waals surface area contributed by atoms with Gasteiger partial charge in [-0.05, 0) is 52.3 Å². The summed E-state index contributed by atoms with van der Waals surface area (Å²) in [7, 11) is 0. The second-order valence-corrected chi connectivity index (χ2v) is 5.30. The average molecular weight is 358 g/mol. The van der Waals surface area contributed by atoms with Gasteiger partial charge in [-0.25, -0.2) is 4.39 Å². The van der Waals surface area contributed by atoms with E-state index in [-0.39, 0.29) is 18.1 Å². The van der Waals surface area contributed by atoms with Crippen LogP contribution in [0.5, 0.6) is 0 Å². The molecule has 2 aromatic rings. The second kappa shape index (κ2) is 6.72. The van der Waals surface area contributed by atoms with Gasteiger partial charge in [0.15, 0.2) is 0 Å². The summed E-state index contributed by atoms with van der Waals surface area (Å²) in [5.74, 6) is -0.693. The van der Waals surface area contributed by atoms with Crippen LogP contribution in [0.4, 0.5) is 15.8 Å². The lowest BCUT2D eigenvalue weighted by molar-refractivity contribution is -0.114. The quantitative estimate of drug-likeness (QED) is 0.857. The summed E-state index contributed by atoms with van der Waals surface area (Å²) in [5, 5.41) is 6.03. The zero-order valence-corrected chi connectivity index (χ0v) is 12.6. The van der Waals surface area contributed by atoms with Crippen molar-refractivity contribution in [2.75, 3.05) is 17.2 Å². The van der Waals surface area contributed by atoms with E-state index in [1.54, 1.807) is 36.4 Å². The topological polar surface area (TPSA) is 41.1 Å². The number of rotatable bonds is 4. The van der Waals surface area contributed by atoms with Crippen LogP contribution in [-0.2, 0) is 4.79 Å². The molecule has 3 nitrogen and oxygen atoms in total. The lowest BCUT2D eigenvalue weighted by atomic mass is 10.3. The summed E-state index contributed by atoms with van der Waals surface area (Å²) in [6, 6.07) is 11.3. The second-order valence-electron chi connectivity index (χ2n) is 4.01. The number of hydrogen-bond acceptors (Lipinski definition) is 2. The fourth-order valence-corrected chi connectivity index (χ4v) is 2.18. The maximum absolute atomic E-state index is 13.5. The Morgan fingerprint density at radius 1 is 1.20 bits per heavy atom. The first-order valence-corrected chi connectivity index (χ1v) is 6.96. The minimum Gasteiger partial charge on any atom is -0.373 e. The number of amides is 1. The smallest absolute Gasteiger partial charge is 0.243 e. The van der Waals surface area contributed by atoms with Crippen LogP contribution in [0.2, 0.25) is 5.02 Å². The van der Waals surface area contributed by atoms with Crippen molar-refractivity contribution in [3.63, 3.8) is 0 Å². The highest BCUT2D eigenvalue weighted by atomic mass is 79.9. The van der Waals surface area contributed by atoms with E-state index < -0.39 is 5.82 Å². The third kappa shape index (κ3) is 3.95. The average Bonchev–Trinajstić information content (AvgIpc) is 2.41. The van der Waals surface area contributed by atoms with E-state index in [1.165, 1.54) is 6.07 Å². The first-order valence-electron chi connectivity index (χ1n) is 5.79. The predicted octanol–water partition coefficient (Wildman–Crippen LogP) is 4.29. The van der Waals surface area contributed by atoms with E-state index in [9.17, 15) is 9.18 Å². The summed E-state index contributed by atoms with van der Waals surface area (Å²) in [6.07, 6.45) is 0. The van der Waals surface area contributed by atoms with Gasteiger partial charge in [0.05, 0.1) is 12.2 Å². The monoisotopic (exact) mass is 356 g/mol. The van der Waals surface area contributed by atoms with E-state index in [0.29, 0.717) is 15.2 Å². The molecule has 2 aromatic carbocycles. The van der Waals surface area contributed by atoms with Crippen LogP contribution in [0.1, 0.15) is 0 Å². The van der Waals surface area contributed by atoms with Crippen LogP contribution < -0.4 is 10.6 Å². The van der Waals surface area contributed by atoms with Crippen molar-refractivity contribution in [3.8, 4) is 0 Å². The third-order valence-corrected chi connectivity index (χ3v) is 3.43. The van der Waals surface area contributed by atoms with E-state index in [4.69, 9.17) is 11.6 Å². The summed E-state index contributed by atoms with van der Waals surface area (Å²) < 4.78 is 14.1. The zero-order chi connectivity index (χ0) is 14.5. The summed E-state index contributed by atoms with van der Waals surface area (Å²) in [6.45, 7) is -0.0395. The Labute approximate surface area is 129 Å². The molecule has 20 heavy (non-hydrogen) atoms. The van der Waals surface area contributed by atoms with Crippen LogP contribution in [-0.4, -0.2) is 12.5 Å². The largest absolute Gasteiger partial charge is 0.373 e. The highest BCUT2D eigenvalue weighted by Gasteiger charge is 2.08. The standard InChI is InChI=1S/C14H11BrClFN2O/c15-11-2-1-3-12(17)14(11)18-8-13(20)19-10-6-4-9(16)5-7-10/h1-7,18H,8H2,(H,19,20). The molecule has 0 bridgehead atoms. The first kappa shape index (κ1) is 14.8. The number of benzene rings is 2.